The summed E-state index contributed by atoms with van der Waals surface area (Å²) in [5, 5.41) is 6.44. The number of nitrogens with zero attached hydrogens (tertiary/aromatic N) is 5. The molecule has 190 valence electrons. The van der Waals surface area contributed by atoms with E-state index in [0.29, 0.717) is 0 Å². The summed E-state index contributed by atoms with van der Waals surface area (Å²) < 4.78 is 10.7. The molecule has 1 atom stereocenters. The van der Waals surface area contributed by atoms with Crippen LogP contribution in [0.3, 0.4) is 0 Å². The van der Waals surface area contributed by atoms with Crippen LogP contribution in [0.25, 0.3) is 0 Å². The number of likely N-dealkylation sites (N-methyl/N-ethyl adjacent to an activating group) is 1. The number of hydrazone groups is 1. The van der Waals surface area contributed by atoms with Gasteiger partial charge in [-0.05, 0) is 55.7 Å². The third-order valence-corrected chi connectivity index (χ3v) is 11.5. The minimum Gasteiger partial charge on any atom is -0.346 e. The number of anilines is 2. The fraction of sp³-hybridized carbons (Fsp3) is 0.323. The lowest BCUT2D eigenvalue weighted by atomic mass is 9.84. The molecule has 0 spiro atoms. The summed E-state index contributed by atoms with van der Waals surface area (Å²) in [6.07, 6.45) is 5.79. The number of allylic oxidation sites excluding steroid dienone is 2. The van der Waals surface area contributed by atoms with E-state index in [1.807, 2.05) is 0 Å². The molecule has 1 unspecified atom stereocenters. The van der Waals surface area contributed by atoms with Gasteiger partial charge < -0.3 is 4.90 Å². The summed E-state index contributed by atoms with van der Waals surface area (Å²) in [7, 11) is -0.275. The molecule has 0 bridgehead atoms. The average Bonchev–Trinajstić information content (AvgIpc) is 3.38. The highest BCUT2D eigenvalue weighted by Gasteiger charge is 2.49. The van der Waals surface area contributed by atoms with Crippen LogP contribution in [0.4, 0.5) is 17.1 Å². The van der Waals surface area contributed by atoms with Gasteiger partial charge in [0.05, 0.1) is 22.9 Å². The van der Waals surface area contributed by atoms with Gasteiger partial charge in [0.25, 0.3) is 0 Å². The maximum absolute atomic E-state index is 5.75. The Morgan fingerprint density at radius 2 is 1.51 bits per heavy atom. The molecule has 3 aliphatic heterocycles. The standard InChI is InChI=1S/C31H36N5P/c1-24-17-19-25(20-18-24)33-37(35-21-11-6-12-22-35)29(23-32-36(37)26-13-7-5-8-14-26)30-31(2,3)27-15-9-10-16-28(27)34(30)4/h5,7-10,13-20,23H,6,11-12,21-22H2,1-4H3. The van der Waals surface area contributed by atoms with E-state index < -0.39 is 7.36 Å². The Morgan fingerprint density at radius 1 is 0.838 bits per heavy atom. The minimum absolute atomic E-state index is 0.163. The Kier molecular flexibility index (Phi) is 6.09. The van der Waals surface area contributed by atoms with E-state index >= 15 is 0 Å². The van der Waals surface area contributed by atoms with Crippen molar-refractivity contribution < 1.29 is 0 Å². The van der Waals surface area contributed by atoms with Crippen molar-refractivity contribution in [3.63, 3.8) is 0 Å². The number of rotatable bonds is 3. The molecule has 1 saturated heterocycles. The predicted molar refractivity (Wildman–Crippen MR) is 158 cm³/mol. The molecule has 1 fully saturated rings. The molecule has 0 aromatic heterocycles. The second-order valence-corrected chi connectivity index (χ2v) is 13.6. The lowest BCUT2D eigenvalue weighted by molar-refractivity contribution is 0.366. The van der Waals surface area contributed by atoms with Gasteiger partial charge >= 0.3 is 0 Å². The molecular weight excluding hydrogens is 473 g/mol. The van der Waals surface area contributed by atoms with Crippen LogP contribution in [-0.4, -0.2) is 31.0 Å². The van der Waals surface area contributed by atoms with Crippen molar-refractivity contribution in [2.45, 2.75) is 45.4 Å². The highest BCUT2D eigenvalue weighted by atomic mass is 31.2. The van der Waals surface area contributed by atoms with Crippen molar-refractivity contribution >= 4 is 30.6 Å². The molecule has 6 heteroatoms. The molecular formula is C31H36N5P. The van der Waals surface area contributed by atoms with Gasteiger partial charge in [0.15, 0.2) is 7.36 Å². The number of benzene rings is 3. The summed E-state index contributed by atoms with van der Waals surface area (Å²) in [5.41, 5.74) is 7.14. The van der Waals surface area contributed by atoms with Gasteiger partial charge in [0.2, 0.25) is 0 Å². The van der Waals surface area contributed by atoms with E-state index in [2.05, 4.69) is 127 Å². The van der Waals surface area contributed by atoms with Gasteiger partial charge in [-0.2, -0.15) is 5.10 Å². The maximum atomic E-state index is 5.75. The molecule has 3 aliphatic rings. The lowest BCUT2D eigenvalue weighted by Gasteiger charge is -2.43. The van der Waals surface area contributed by atoms with Crippen molar-refractivity contribution in [1.29, 1.82) is 0 Å². The summed E-state index contributed by atoms with van der Waals surface area (Å²) in [4.78, 5) is 2.40. The van der Waals surface area contributed by atoms with Crippen molar-refractivity contribution in [3.05, 3.63) is 101 Å². The molecule has 0 N–H and O–H groups in total. The predicted octanol–water partition coefficient (Wildman–Crippen LogP) is 8.29. The van der Waals surface area contributed by atoms with Gasteiger partial charge in [-0.1, -0.05) is 74.4 Å². The molecule has 3 heterocycles. The van der Waals surface area contributed by atoms with Crippen LogP contribution in [0, 0.1) is 6.92 Å². The molecule has 0 radical (unpaired) electrons. The fourth-order valence-electron chi connectivity index (χ4n) is 6.17. The molecule has 0 amide bonds. The first kappa shape index (κ1) is 24.2. The van der Waals surface area contributed by atoms with Crippen LogP contribution in [0.1, 0.15) is 44.2 Å². The quantitative estimate of drug-likeness (QED) is 0.333. The fourth-order valence-corrected chi connectivity index (χ4v) is 10.1. The highest BCUT2D eigenvalue weighted by Crippen LogP contribution is 2.71. The van der Waals surface area contributed by atoms with Crippen molar-refractivity contribution in [2.24, 2.45) is 9.85 Å². The Hall–Kier alpha value is -3.14. The third-order valence-electron chi connectivity index (χ3n) is 7.99. The summed E-state index contributed by atoms with van der Waals surface area (Å²) in [6.45, 7) is 8.91. The molecule has 3 aromatic rings. The molecule has 37 heavy (non-hydrogen) atoms. The largest absolute Gasteiger partial charge is 0.346 e. The second kappa shape index (κ2) is 9.31. The Balaban J connectivity index is 1.68. The summed E-state index contributed by atoms with van der Waals surface area (Å²) in [5.74, 6) is 0. The van der Waals surface area contributed by atoms with Gasteiger partial charge in [0.1, 0.15) is 0 Å². The van der Waals surface area contributed by atoms with Gasteiger partial charge in [-0.15, -0.1) is 0 Å². The minimum atomic E-state index is -2.49. The van der Waals surface area contributed by atoms with Gasteiger partial charge in [-0.3, -0.25) is 0 Å². The van der Waals surface area contributed by atoms with Crippen molar-refractivity contribution in [1.82, 2.24) is 4.67 Å². The number of aryl methyl sites for hydroxylation is 1. The van der Waals surface area contributed by atoms with Crippen LogP contribution in [0.15, 0.2) is 99.7 Å². The molecule has 0 aliphatic carbocycles. The van der Waals surface area contributed by atoms with E-state index in [9.17, 15) is 0 Å². The first-order chi connectivity index (χ1) is 17.9. The molecule has 0 saturated carbocycles. The number of hydrogen-bond acceptors (Lipinski definition) is 3. The molecule has 5 nitrogen and oxygen atoms in total. The van der Waals surface area contributed by atoms with Crippen LogP contribution >= 0.6 is 7.36 Å². The zero-order chi connectivity index (χ0) is 25.6. The van der Waals surface area contributed by atoms with E-state index in [1.54, 1.807) is 0 Å². The first-order valence-corrected chi connectivity index (χ1v) is 15.0. The number of hydrogen-bond donors (Lipinski definition) is 0. The average molecular weight is 510 g/mol. The van der Waals surface area contributed by atoms with Crippen LogP contribution in [0.2, 0.25) is 0 Å². The zero-order valence-corrected chi connectivity index (χ0v) is 23.2. The van der Waals surface area contributed by atoms with E-state index in [0.717, 1.165) is 24.5 Å². The van der Waals surface area contributed by atoms with E-state index in [1.165, 1.54) is 47.1 Å². The normalized spacial score (nSPS) is 25.0. The van der Waals surface area contributed by atoms with E-state index in [-0.39, 0.29) is 5.41 Å². The van der Waals surface area contributed by atoms with Gasteiger partial charge in [-0.25, -0.2) is 14.2 Å². The van der Waals surface area contributed by atoms with Crippen LogP contribution in [0.5, 0.6) is 0 Å². The topological polar surface area (TPSA) is 34.4 Å². The number of piperidine rings is 1. The molecule has 3 aromatic carbocycles. The summed E-state index contributed by atoms with van der Waals surface area (Å²) in [6, 6.07) is 28.1. The second-order valence-electron chi connectivity index (χ2n) is 10.8. The van der Waals surface area contributed by atoms with Crippen LogP contribution in [-0.2, 0) is 5.41 Å². The van der Waals surface area contributed by atoms with Crippen LogP contribution < -0.4 is 9.68 Å². The zero-order valence-electron chi connectivity index (χ0n) is 22.3. The maximum Gasteiger partial charge on any atom is 0.179 e. The Bertz CT molecular complexity index is 1420. The Labute approximate surface area is 221 Å². The van der Waals surface area contributed by atoms with Crippen molar-refractivity contribution in [2.75, 3.05) is 29.8 Å². The number of para-hydroxylation sites is 2. The highest BCUT2D eigenvalue weighted by molar-refractivity contribution is 7.71. The van der Waals surface area contributed by atoms with Crippen molar-refractivity contribution in [3.8, 4) is 0 Å². The third kappa shape index (κ3) is 3.88. The molecule has 6 rings (SSSR count). The Morgan fingerprint density at radius 3 is 2.22 bits per heavy atom. The van der Waals surface area contributed by atoms with Gasteiger partial charge in [0, 0.05) is 36.9 Å². The van der Waals surface area contributed by atoms with E-state index in [4.69, 9.17) is 9.85 Å². The monoisotopic (exact) mass is 509 g/mol. The number of fused-ring (bicyclic) bond motifs is 1. The SMILES string of the molecule is Cc1ccc(N=P2(N3CCCCC3)C(=C3N(C)c4ccccc4C3(C)C)C=NN2c2ccccc2)cc1. The summed E-state index contributed by atoms with van der Waals surface area (Å²) >= 11 is 0. The smallest absolute Gasteiger partial charge is 0.179 e. The lowest BCUT2D eigenvalue weighted by Crippen LogP contribution is -2.34. The first-order valence-electron chi connectivity index (χ1n) is 13.4.